The zero-order valence-electron chi connectivity index (χ0n) is 15.1. The lowest BCUT2D eigenvalue weighted by Gasteiger charge is -2.26. The summed E-state index contributed by atoms with van der Waals surface area (Å²) in [6, 6.07) is 2.68. The maximum Gasteiger partial charge on any atom is 0.178 e. The Balaban J connectivity index is 1.50. The van der Waals surface area contributed by atoms with E-state index in [0.717, 1.165) is 50.7 Å². The Labute approximate surface area is 145 Å². The monoisotopic (exact) mass is 333 g/mol. The second kappa shape index (κ2) is 8.28. The number of hydrogen-bond donors (Lipinski definition) is 1. The molecule has 0 radical (unpaired) electrons. The molecule has 0 unspecified atom stereocenters. The van der Waals surface area contributed by atoms with Crippen LogP contribution in [0.15, 0.2) is 6.07 Å². The number of hydrogen-bond acceptors (Lipinski definition) is 4. The summed E-state index contributed by atoms with van der Waals surface area (Å²) in [4.78, 5) is 15.0. The van der Waals surface area contributed by atoms with Crippen LogP contribution in [0.3, 0.4) is 0 Å². The zero-order valence-corrected chi connectivity index (χ0v) is 15.1. The minimum Gasteiger partial charge on any atom is -0.379 e. The van der Waals surface area contributed by atoms with Gasteiger partial charge in [0.05, 0.1) is 19.8 Å². The SMILES string of the molecule is Cc1cc(C(=O)CNCCN2CCOCC2)c(C)n1C1CCCC1. The summed E-state index contributed by atoms with van der Waals surface area (Å²) in [5.41, 5.74) is 3.29. The number of aryl methyl sites for hydroxylation is 1. The van der Waals surface area contributed by atoms with Gasteiger partial charge in [0.1, 0.15) is 0 Å². The molecule has 0 spiro atoms. The van der Waals surface area contributed by atoms with Crippen LogP contribution in [0.25, 0.3) is 0 Å². The highest BCUT2D eigenvalue weighted by atomic mass is 16.5. The van der Waals surface area contributed by atoms with Gasteiger partial charge in [0.25, 0.3) is 0 Å². The van der Waals surface area contributed by atoms with Crippen LogP contribution in [0.5, 0.6) is 0 Å². The average Bonchev–Trinajstić information content (AvgIpc) is 3.20. The lowest BCUT2D eigenvalue weighted by molar-refractivity contribution is 0.0384. The number of morpholine rings is 1. The van der Waals surface area contributed by atoms with Crippen LogP contribution in [0.4, 0.5) is 0 Å². The largest absolute Gasteiger partial charge is 0.379 e. The molecule has 1 aromatic rings. The van der Waals surface area contributed by atoms with Gasteiger partial charge in [0, 0.05) is 49.2 Å². The van der Waals surface area contributed by atoms with E-state index in [1.165, 1.54) is 31.4 Å². The maximum atomic E-state index is 12.6. The first kappa shape index (κ1) is 17.6. The van der Waals surface area contributed by atoms with Crippen molar-refractivity contribution in [1.29, 1.82) is 0 Å². The van der Waals surface area contributed by atoms with E-state index in [0.29, 0.717) is 12.6 Å². The lowest BCUT2D eigenvalue weighted by atomic mass is 10.1. The molecular formula is C19H31N3O2. The number of nitrogens with zero attached hydrogens (tertiary/aromatic N) is 2. The Kier molecular flexibility index (Phi) is 6.09. The minimum absolute atomic E-state index is 0.217. The Hall–Kier alpha value is -1.17. The molecule has 5 heteroatoms. The Bertz CT molecular complexity index is 555. The molecule has 1 saturated heterocycles. The summed E-state index contributed by atoms with van der Waals surface area (Å²) in [6.45, 7) is 10.2. The predicted octanol–water partition coefficient (Wildman–Crippen LogP) is 2.32. The fourth-order valence-electron chi connectivity index (χ4n) is 4.14. The number of carbonyl (C=O) groups excluding carboxylic acids is 1. The summed E-state index contributed by atoms with van der Waals surface area (Å²) in [5, 5.41) is 3.32. The second-order valence-corrected chi connectivity index (χ2v) is 7.15. The number of rotatable bonds is 7. The molecule has 1 saturated carbocycles. The van der Waals surface area contributed by atoms with Gasteiger partial charge in [-0.1, -0.05) is 12.8 Å². The van der Waals surface area contributed by atoms with E-state index >= 15 is 0 Å². The smallest absolute Gasteiger partial charge is 0.178 e. The first-order chi connectivity index (χ1) is 11.7. The predicted molar refractivity (Wildman–Crippen MR) is 95.9 cm³/mol. The molecule has 134 valence electrons. The van der Waals surface area contributed by atoms with E-state index in [1.807, 2.05) is 0 Å². The highest BCUT2D eigenvalue weighted by Crippen LogP contribution is 2.33. The van der Waals surface area contributed by atoms with Gasteiger partial charge in [0.15, 0.2) is 5.78 Å². The first-order valence-corrected chi connectivity index (χ1v) is 9.39. The van der Waals surface area contributed by atoms with E-state index in [1.54, 1.807) is 0 Å². The van der Waals surface area contributed by atoms with Gasteiger partial charge in [-0.3, -0.25) is 9.69 Å². The van der Waals surface area contributed by atoms with Crippen LogP contribution in [-0.4, -0.2) is 61.2 Å². The average molecular weight is 333 g/mol. The molecule has 3 rings (SSSR count). The fourth-order valence-corrected chi connectivity index (χ4v) is 4.14. The summed E-state index contributed by atoms with van der Waals surface area (Å²) >= 11 is 0. The van der Waals surface area contributed by atoms with Gasteiger partial charge in [-0.2, -0.15) is 0 Å². The topological polar surface area (TPSA) is 46.5 Å². The minimum atomic E-state index is 0.217. The van der Waals surface area contributed by atoms with Crippen molar-refractivity contribution < 1.29 is 9.53 Å². The third-order valence-electron chi connectivity index (χ3n) is 5.47. The van der Waals surface area contributed by atoms with Crippen molar-refractivity contribution in [1.82, 2.24) is 14.8 Å². The third-order valence-corrected chi connectivity index (χ3v) is 5.47. The lowest BCUT2D eigenvalue weighted by Crippen LogP contribution is -2.41. The van der Waals surface area contributed by atoms with Crippen LogP contribution >= 0.6 is 0 Å². The molecule has 0 atom stereocenters. The maximum absolute atomic E-state index is 12.6. The Morgan fingerprint density at radius 1 is 1.25 bits per heavy atom. The van der Waals surface area contributed by atoms with Crippen molar-refractivity contribution in [2.75, 3.05) is 45.9 Å². The molecule has 1 aliphatic carbocycles. The summed E-state index contributed by atoms with van der Waals surface area (Å²) in [6.07, 6.45) is 5.13. The Morgan fingerprint density at radius 2 is 1.96 bits per heavy atom. The van der Waals surface area contributed by atoms with E-state index in [9.17, 15) is 4.79 Å². The van der Waals surface area contributed by atoms with Gasteiger partial charge in [0.2, 0.25) is 0 Å². The molecular weight excluding hydrogens is 302 g/mol. The van der Waals surface area contributed by atoms with E-state index in [-0.39, 0.29) is 5.78 Å². The highest BCUT2D eigenvalue weighted by Gasteiger charge is 2.23. The van der Waals surface area contributed by atoms with Crippen molar-refractivity contribution in [2.24, 2.45) is 0 Å². The van der Waals surface area contributed by atoms with Gasteiger partial charge in [-0.25, -0.2) is 0 Å². The van der Waals surface area contributed by atoms with E-state index < -0.39 is 0 Å². The Morgan fingerprint density at radius 3 is 2.67 bits per heavy atom. The number of aromatic nitrogens is 1. The van der Waals surface area contributed by atoms with E-state index in [2.05, 4.69) is 34.7 Å². The molecule has 2 heterocycles. The van der Waals surface area contributed by atoms with Crippen LogP contribution in [0.1, 0.15) is 53.5 Å². The normalized spacial score (nSPS) is 19.9. The molecule has 2 fully saturated rings. The molecule has 1 aliphatic heterocycles. The van der Waals surface area contributed by atoms with Crippen LogP contribution in [-0.2, 0) is 4.74 Å². The third kappa shape index (κ3) is 4.08. The van der Waals surface area contributed by atoms with Crippen molar-refractivity contribution in [3.05, 3.63) is 23.0 Å². The van der Waals surface area contributed by atoms with Crippen molar-refractivity contribution in [2.45, 2.75) is 45.6 Å². The highest BCUT2D eigenvalue weighted by molar-refractivity contribution is 5.99. The molecule has 1 aromatic heterocycles. The number of Topliss-reactive ketones (excluding diaryl/α,β-unsaturated/α-hetero) is 1. The number of ketones is 1. The van der Waals surface area contributed by atoms with Crippen LogP contribution in [0, 0.1) is 13.8 Å². The van der Waals surface area contributed by atoms with Crippen LogP contribution < -0.4 is 5.32 Å². The number of carbonyl (C=O) groups is 1. The molecule has 5 nitrogen and oxygen atoms in total. The van der Waals surface area contributed by atoms with Crippen molar-refractivity contribution >= 4 is 5.78 Å². The van der Waals surface area contributed by atoms with E-state index in [4.69, 9.17) is 4.74 Å². The van der Waals surface area contributed by atoms with Gasteiger partial charge >= 0.3 is 0 Å². The summed E-state index contributed by atoms with van der Waals surface area (Å²) in [7, 11) is 0. The molecule has 24 heavy (non-hydrogen) atoms. The number of ether oxygens (including phenoxy) is 1. The standard InChI is InChI=1S/C19H31N3O2/c1-15-13-18(16(2)22(15)17-5-3-4-6-17)19(23)14-20-7-8-21-9-11-24-12-10-21/h13,17,20H,3-12,14H2,1-2H3. The van der Waals surface area contributed by atoms with Crippen molar-refractivity contribution in [3.8, 4) is 0 Å². The molecule has 2 aliphatic rings. The zero-order chi connectivity index (χ0) is 16.9. The van der Waals surface area contributed by atoms with Crippen molar-refractivity contribution in [3.63, 3.8) is 0 Å². The summed E-state index contributed by atoms with van der Waals surface area (Å²) < 4.78 is 7.75. The number of nitrogens with one attached hydrogen (secondary N) is 1. The molecule has 0 aromatic carbocycles. The van der Waals surface area contributed by atoms with Gasteiger partial charge in [-0.15, -0.1) is 0 Å². The molecule has 0 bridgehead atoms. The quantitative estimate of drug-likeness (QED) is 0.614. The fraction of sp³-hybridized carbons (Fsp3) is 0.737. The molecule has 0 amide bonds. The van der Waals surface area contributed by atoms with Gasteiger partial charge < -0.3 is 14.6 Å². The second-order valence-electron chi connectivity index (χ2n) is 7.15. The van der Waals surface area contributed by atoms with Gasteiger partial charge in [-0.05, 0) is 32.8 Å². The molecule has 1 N–H and O–H groups in total. The first-order valence-electron chi connectivity index (χ1n) is 9.39. The van der Waals surface area contributed by atoms with Crippen LogP contribution in [0.2, 0.25) is 0 Å². The summed E-state index contributed by atoms with van der Waals surface area (Å²) in [5.74, 6) is 0.217.